The van der Waals surface area contributed by atoms with Crippen LogP contribution >= 0.6 is 0 Å². The molecule has 0 atom stereocenters. The van der Waals surface area contributed by atoms with Gasteiger partial charge in [0, 0.05) is 11.6 Å². The Labute approximate surface area is 164 Å². The number of amides is 1. The van der Waals surface area contributed by atoms with Crippen molar-refractivity contribution in [2.75, 3.05) is 0 Å². The van der Waals surface area contributed by atoms with Crippen LogP contribution in [0.2, 0.25) is 0 Å². The first-order chi connectivity index (χ1) is 12.9. The van der Waals surface area contributed by atoms with Gasteiger partial charge in [0.25, 0.3) is 5.91 Å². The van der Waals surface area contributed by atoms with E-state index in [2.05, 4.69) is 5.32 Å². The fourth-order valence-electron chi connectivity index (χ4n) is 3.64. The maximum absolute atomic E-state index is 13.6. The van der Waals surface area contributed by atoms with Crippen LogP contribution < -0.4 is 10.8 Å². The lowest BCUT2D eigenvalue weighted by atomic mass is 9.75. The molecule has 1 aliphatic heterocycles. The number of carbonyl (C=O) groups excluding carboxylic acids is 1. The summed E-state index contributed by atoms with van der Waals surface area (Å²) in [6.45, 7) is 7.11. The highest BCUT2D eigenvalue weighted by atomic mass is 19.4. The Morgan fingerprint density at radius 1 is 1.07 bits per heavy atom. The molecule has 1 aliphatic carbocycles. The molecule has 8 heteroatoms. The Morgan fingerprint density at radius 3 is 2.18 bits per heavy atom. The van der Waals surface area contributed by atoms with Gasteiger partial charge in [-0.3, -0.25) is 4.79 Å². The van der Waals surface area contributed by atoms with E-state index < -0.39 is 30.1 Å². The smallest absolute Gasteiger partial charge is 0.399 e. The molecule has 0 aromatic heterocycles. The van der Waals surface area contributed by atoms with E-state index in [1.54, 1.807) is 27.7 Å². The second-order valence-corrected chi connectivity index (χ2v) is 8.70. The van der Waals surface area contributed by atoms with Crippen LogP contribution in [-0.4, -0.2) is 30.3 Å². The van der Waals surface area contributed by atoms with E-state index in [-0.39, 0.29) is 23.0 Å². The Morgan fingerprint density at radius 2 is 1.64 bits per heavy atom. The summed E-state index contributed by atoms with van der Waals surface area (Å²) in [5.74, 6) is -0.363. The molecule has 1 saturated carbocycles. The van der Waals surface area contributed by atoms with Crippen molar-refractivity contribution in [3.63, 3.8) is 0 Å². The second kappa shape index (κ2) is 7.37. The van der Waals surface area contributed by atoms with Gasteiger partial charge >= 0.3 is 13.3 Å². The summed E-state index contributed by atoms with van der Waals surface area (Å²) >= 11 is 0. The number of alkyl halides is 3. The molecule has 28 heavy (non-hydrogen) atoms. The largest absolute Gasteiger partial charge is 0.495 e. The minimum atomic E-state index is -4.57. The monoisotopic (exact) mass is 397 g/mol. The van der Waals surface area contributed by atoms with Gasteiger partial charge in [0.1, 0.15) is 0 Å². The maximum Gasteiger partial charge on any atom is 0.495 e. The number of halogens is 3. The van der Waals surface area contributed by atoms with Crippen molar-refractivity contribution in [1.82, 2.24) is 5.32 Å². The Hall–Kier alpha value is -1.54. The third kappa shape index (κ3) is 4.22. The summed E-state index contributed by atoms with van der Waals surface area (Å²) < 4.78 is 52.4. The van der Waals surface area contributed by atoms with Gasteiger partial charge in [-0.2, -0.15) is 13.2 Å². The van der Waals surface area contributed by atoms with Crippen LogP contribution in [0, 0.1) is 0 Å². The van der Waals surface area contributed by atoms with Crippen molar-refractivity contribution in [3.05, 3.63) is 29.3 Å². The number of hydrogen-bond acceptors (Lipinski definition) is 3. The molecule has 0 radical (unpaired) electrons. The molecule has 1 heterocycles. The average Bonchev–Trinajstić information content (AvgIpc) is 2.82. The number of rotatable bonds is 3. The maximum atomic E-state index is 13.6. The first-order valence-corrected chi connectivity index (χ1v) is 9.78. The van der Waals surface area contributed by atoms with Gasteiger partial charge in [-0.25, -0.2) is 0 Å². The molecule has 1 N–H and O–H groups in total. The third-order valence-electron chi connectivity index (χ3n) is 6.07. The van der Waals surface area contributed by atoms with Gasteiger partial charge in [-0.15, -0.1) is 0 Å². The molecule has 0 spiro atoms. The van der Waals surface area contributed by atoms with Crippen molar-refractivity contribution in [2.24, 2.45) is 0 Å². The summed E-state index contributed by atoms with van der Waals surface area (Å²) in [4.78, 5) is 12.6. The third-order valence-corrected chi connectivity index (χ3v) is 6.07. The average molecular weight is 397 g/mol. The van der Waals surface area contributed by atoms with Crippen molar-refractivity contribution < 1.29 is 27.3 Å². The summed E-state index contributed by atoms with van der Waals surface area (Å²) in [5, 5.41) is 2.94. The zero-order chi connectivity index (χ0) is 20.7. The first kappa shape index (κ1) is 21.2. The van der Waals surface area contributed by atoms with E-state index in [1.165, 1.54) is 12.1 Å². The summed E-state index contributed by atoms with van der Waals surface area (Å²) in [7, 11) is -1.19. The predicted octanol–water partition coefficient (Wildman–Crippen LogP) is 4.07. The fraction of sp³-hybridized carbons (Fsp3) is 0.650. The highest BCUT2D eigenvalue weighted by molar-refractivity contribution is 6.62. The highest BCUT2D eigenvalue weighted by Gasteiger charge is 2.53. The first-order valence-electron chi connectivity index (χ1n) is 9.78. The SMILES string of the molecule is CC1(C)OB(c2cc(C(=O)NC3CCCCC3)ccc2C(F)(F)F)OC1(C)C. The van der Waals surface area contributed by atoms with Gasteiger partial charge in [-0.05, 0) is 64.2 Å². The van der Waals surface area contributed by atoms with Gasteiger partial charge in [0.2, 0.25) is 0 Å². The molecule has 0 bridgehead atoms. The van der Waals surface area contributed by atoms with Crippen LogP contribution in [0.3, 0.4) is 0 Å². The zero-order valence-electron chi connectivity index (χ0n) is 16.8. The van der Waals surface area contributed by atoms with E-state index in [0.29, 0.717) is 0 Å². The molecule has 2 fully saturated rings. The van der Waals surface area contributed by atoms with Crippen LogP contribution in [0.25, 0.3) is 0 Å². The predicted molar refractivity (Wildman–Crippen MR) is 101 cm³/mol. The lowest BCUT2D eigenvalue weighted by Gasteiger charge is -2.32. The topological polar surface area (TPSA) is 47.6 Å². The Balaban J connectivity index is 1.91. The molecule has 2 aliphatic rings. The van der Waals surface area contributed by atoms with E-state index in [0.717, 1.165) is 38.2 Å². The van der Waals surface area contributed by atoms with E-state index in [1.807, 2.05) is 0 Å². The number of nitrogens with one attached hydrogen (secondary N) is 1. The summed E-state index contributed by atoms with van der Waals surface area (Å²) in [5.41, 5.74) is -2.38. The number of carbonyl (C=O) groups is 1. The quantitative estimate of drug-likeness (QED) is 0.783. The van der Waals surface area contributed by atoms with E-state index in [9.17, 15) is 18.0 Å². The summed E-state index contributed by atoms with van der Waals surface area (Å²) in [6.07, 6.45) is 0.483. The number of hydrogen-bond donors (Lipinski definition) is 1. The highest BCUT2D eigenvalue weighted by Crippen LogP contribution is 2.38. The zero-order valence-corrected chi connectivity index (χ0v) is 16.8. The Bertz CT molecular complexity index is 727. The normalized spacial score (nSPS) is 22.3. The molecule has 4 nitrogen and oxygen atoms in total. The van der Waals surface area contributed by atoms with E-state index >= 15 is 0 Å². The molecule has 1 amide bonds. The molecule has 0 unspecified atom stereocenters. The molecular formula is C20H27BF3NO3. The van der Waals surface area contributed by atoms with Crippen LogP contribution in [-0.2, 0) is 15.5 Å². The van der Waals surface area contributed by atoms with Crippen LogP contribution in [0.4, 0.5) is 13.2 Å². The van der Waals surface area contributed by atoms with Crippen molar-refractivity contribution in [2.45, 2.75) is 83.2 Å². The van der Waals surface area contributed by atoms with Gasteiger partial charge < -0.3 is 14.6 Å². The van der Waals surface area contributed by atoms with Crippen LogP contribution in [0.5, 0.6) is 0 Å². The minimum absolute atomic E-state index is 0.0730. The van der Waals surface area contributed by atoms with Crippen molar-refractivity contribution in [3.8, 4) is 0 Å². The lowest BCUT2D eigenvalue weighted by molar-refractivity contribution is -0.136. The fourth-order valence-corrected chi connectivity index (χ4v) is 3.64. The minimum Gasteiger partial charge on any atom is -0.399 e. The van der Waals surface area contributed by atoms with Crippen LogP contribution in [0.15, 0.2) is 18.2 Å². The van der Waals surface area contributed by atoms with Gasteiger partial charge in [0.15, 0.2) is 0 Å². The Kier molecular flexibility index (Phi) is 5.58. The second-order valence-electron chi connectivity index (χ2n) is 8.70. The van der Waals surface area contributed by atoms with E-state index in [4.69, 9.17) is 9.31 Å². The lowest BCUT2D eigenvalue weighted by Crippen LogP contribution is -2.41. The van der Waals surface area contributed by atoms with Crippen molar-refractivity contribution in [1.29, 1.82) is 0 Å². The van der Waals surface area contributed by atoms with Gasteiger partial charge in [-0.1, -0.05) is 19.3 Å². The molecule has 1 saturated heterocycles. The summed E-state index contributed by atoms with van der Waals surface area (Å²) in [6, 6.07) is 3.48. The van der Waals surface area contributed by atoms with Gasteiger partial charge in [0.05, 0.1) is 16.8 Å². The molecular weight excluding hydrogens is 370 g/mol. The molecule has 1 aromatic rings. The molecule has 1 aromatic carbocycles. The van der Waals surface area contributed by atoms with Crippen LogP contribution in [0.1, 0.15) is 75.7 Å². The standard InChI is InChI=1S/C20H27BF3NO3/c1-18(2)19(3,4)28-21(27-18)16-12-13(10-11-15(16)20(22,23)24)17(26)25-14-8-6-5-7-9-14/h10-12,14H,5-9H2,1-4H3,(H,25,26). The van der Waals surface area contributed by atoms with Crippen molar-refractivity contribution >= 4 is 18.5 Å². The molecule has 3 rings (SSSR count). The number of benzene rings is 1. The molecule has 154 valence electrons.